The van der Waals surface area contributed by atoms with Crippen LogP contribution in [0.1, 0.15) is 29.0 Å². The van der Waals surface area contributed by atoms with E-state index in [4.69, 9.17) is 4.74 Å². The van der Waals surface area contributed by atoms with Crippen LogP contribution in [0.2, 0.25) is 0 Å². The number of carbonyl (C=O) groups is 1. The van der Waals surface area contributed by atoms with Crippen molar-refractivity contribution < 1.29 is 9.53 Å². The summed E-state index contributed by atoms with van der Waals surface area (Å²) in [5.41, 5.74) is 1.98. The van der Waals surface area contributed by atoms with Gasteiger partial charge in [0.05, 0.1) is 23.8 Å². The number of nitrogens with zero attached hydrogens (tertiary/aromatic N) is 4. The summed E-state index contributed by atoms with van der Waals surface area (Å²) in [6.07, 6.45) is 4.16. The Kier molecular flexibility index (Phi) is 4.43. The van der Waals surface area contributed by atoms with Crippen LogP contribution >= 0.6 is 0 Å². The first-order valence-corrected chi connectivity index (χ1v) is 9.01. The van der Waals surface area contributed by atoms with Crippen LogP contribution in [0.4, 0.5) is 0 Å². The van der Waals surface area contributed by atoms with Crippen molar-refractivity contribution in [1.29, 1.82) is 0 Å². The van der Waals surface area contributed by atoms with E-state index in [0.717, 1.165) is 37.6 Å². The van der Waals surface area contributed by atoms with Crippen molar-refractivity contribution in [3.8, 4) is 0 Å². The molecular weight excluding hydrogens is 318 g/mol. The zero-order valence-electron chi connectivity index (χ0n) is 14.9. The predicted molar refractivity (Wildman–Crippen MR) is 94.5 cm³/mol. The molecule has 1 aliphatic heterocycles. The number of aromatic amines is 1. The number of hydrogen-bond acceptors (Lipinski definition) is 5. The van der Waals surface area contributed by atoms with E-state index in [-0.39, 0.29) is 12.0 Å². The fourth-order valence-electron chi connectivity index (χ4n) is 3.45. The van der Waals surface area contributed by atoms with Crippen molar-refractivity contribution in [3.63, 3.8) is 0 Å². The Morgan fingerprint density at radius 3 is 3.04 bits per heavy atom. The van der Waals surface area contributed by atoms with Crippen LogP contribution in [0.5, 0.6) is 0 Å². The lowest BCUT2D eigenvalue weighted by atomic mass is 10.1. The van der Waals surface area contributed by atoms with Crippen LogP contribution < -0.4 is 0 Å². The minimum atomic E-state index is 0.0415. The third-order valence-corrected chi connectivity index (χ3v) is 4.97. The molecule has 1 aliphatic carbocycles. The topological polar surface area (TPSA) is 74.3 Å². The molecule has 7 nitrogen and oxygen atoms in total. The van der Waals surface area contributed by atoms with Crippen molar-refractivity contribution in [1.82, 2.24) is 24.8 Å². The molecule has 0 bridgehead atoms. The van der Waals surface area contributed by atoms with Crippen molar-refractivity contribution in [2.24, 2.45) is 5.92 Å². The summed E-state index contributed by atoms with van der Waals surface area (Å²) in [4.78, 5) is 29.3. The van der Waals surface area contributed by atoms with Gasteiger partial charge >= 0.3 is 0 Å². The number of imidazole rings is 1. The molecule has 0 radical (unpaired) electrons. The maximum atomic E-state index is 13.3. The molecule has 3 heterocycles. The summed E-state index contributed by atoms with van der Waals surface area (Å²) in [6, 6.07) is 1.79. The van der Waals surface area contributed by atoms with Crippen molar-refractivity contribution >= 4 is 17.1 Å². The van der Waals surface area contributed by atoms with Gasteiger partial charge in [0.2, 0.25) is 0 Å². The van der Waals surface area contributed by atoms with Gasteiger partial charge in [0.1, 0.15) is 5.82 Å². The number of pyridine rings is 1. The molecule has 1 unspecified atom stereocenters. The van der Waals surface area contributed by atoms with Crippen molar-refractivity contribution in [2.45, 2.75) is 25.9 Å². The number of fused-ring (bicyclic) bond motifs is 1. The number of likely N-dealkylation sites (N-methyl/N-ethyl adjacent to an activating group) is 1. The third-order valence-electron chi connectivity index (χ3n) is 4.97. The lowest BCUT2D eigenvalue weighted by Gasteiger charge is -2.34. The Balaban J connectivity index is 1.58. The Labute approximate surface area is 147 Å². The van der Waals surface area contributed by atoms with Gasteiger partial charge in [-0.2, -0.15) is 0 Å². The summed E-state index contributed by atoms with van der Waals surface area (Å²) in [5, 5.41) is 0. The highest BCUT2D eigenvalue weighted by Crippen LogP contribution is 2.30. The molecular formula is C18H25N5O2. The number of nitrogens with one attached hydrogen (secondary N) is 1. The summed E-state index contributed by atoms with van der Waals surface area (Å²) < 4.78 is 5.89. The van der Waals surface area contributed by atoms with Crippen LogP contribution in [0.3, 0.4) is 0 Å². The SMILES string of the molecule is Cc1nc2nccc(C(=O)N(CC3CC3)CC3CN(C)CCO3)c2[nH]1. The van der Waals surface area contributed by atoms with Crippen LogP contribution in [0.25, 0.3) is 11.2 Å². The largest absolute Gasteiger partial charge is 0.374 e. The molecule has 25 heavy (non-hydrogen) atoms. The van der Waals surface area contributed by atoms with Gasteiger partial charge in [0.15, 0.2) is 5.65 Å². The molecule has 4 rings (SSSR count). The molecule has 134 valence electrons. The molecule has 2 fully saturated rings. The number of ether oxygens (including phenoxy) is 1. The average Bonchev–Trinajstić information content (AvgIpc) is 3.31. The summed E-state index contributed by atoms with van der Waals surface area (Å²) >= 11 is 0. The lowest BCUT2D eigenvalue weighted by molar-refractivity contribution is -0.0331. The smallest absolute Gasteiger partial charge is 0.256 e. The van der Waals surface area contributed by atoms with Crippen LogP contribution in [0.15, 0.2) is 12.3 Å². The first kappa shape index (κ1) is 16.5. The maximum Gasteiger partial charge on any atom is 0.256 e. The normalized spacial score (nSPS) is 21.6. The van der Waals surface area contributed by atoms with E-state index >= 15 is 0 Å². The number of H-pyrrole nitrogens is 1. The van der Waals surface area contributed by atoms with Gasteiger partial charge in [-0.3, -0.25) is 4.79 Å². The number of morpholine rings is 1. The Morgan fingerprint density at radius 2 is 2.28 bits per heavy atom. The van der Waals surface area contributed by atoms with Crippen LogP contribution in [0, 0.1) is 12.8 Å². The molecule has 1 N–H and O–H groups in total. The van der Waals surface area contributed by atoms with E-state index in [1.165, 1.54) is 12.8 Å². The lowest BCUT2D eigenvalue weighted by Crippen LogP contribution is -2.48. The number of amides is 1. The van der Waals surface area contributed by atoms with Gasteiger partial charge in [-0.15, -0.1) is 0 Å². The van der Waals surface area contributed by atoms with Crippen molar-refractivity contribution in [3.05, 3.63) is 23.7 Å². The van der Waals surface area contributed by atoms with Gasteiger partial charge in [-0.1, -0.05) is 0 Å². The zero-order valence-corrected chi connectivity index (χ0v) is 14.9. The van der Waals surface area contributed by atoms with Gasteiger partial charge in [-0.05, 0) is 38.8 Å². The zero-order chi connectivity index (χ0) is 17.4. The molecule has 2 aromatic heterocycles. The van der Waals surface area contributed by atoms with E-state index in [1.54, 1.807) is 12.3 Å². The molecule has 1 saturated carbocycles. The number of hydrogen-bond donors (Lipinski definition) is 1. The van der Waals surface area contributed by atoms with E-state index in [0.29, 0.717) is 23.7 Å². The van der Waals surface area contributed by atoms with E-state index < -0.39 is 0 Å². The fourth-order valence-corrected chi connectivity index (χ4v) is 3.45. The highest BCUT2D eigenvalue weighted by atomic mass is 16.5. The van der Waals surface area contributed by atoms with Gasteiger partial charge in [0, 0.05) is 32.4 Å². The second-order valence-electron chi connectivity index (χ2n) is 7.29. The predicted octanol–water partition coefficient (Wildman–Crippen LogP) is 1.45. The second-order valence-corrected chi connectivity index (χ2v) is 7.29. The number of rotatable bonds is 5. The third kappa shape index (κ3) is 3.67. The van der Waals surface area contributed by atoms with E-state index in [9.17, 15) is 4.79 Å². The van der Waals surface area contributed by atoms with Gasteiger partial charge in [-0.25, -0.2) is 9.97 Å². The van der Waals surface area contributed by atoms with Crippen LogP contribution in [-0.4, -0.2) is 76.6 Å². The van der Waals surface area contributed by atoms with Crippen molar-refractivity contribution in [2.75, 3.05) is 39.8 Å². The summed E-state index contributed by atoms with van der Waals surface area (Å²) in [7, 11) is 2.10. The minimum Gasteiger partial charge on any atom is -0.374 e. The molecule has 0 spiro atoms. The Hall–Kier alpha value is -1.99. The maximum absolute atomic E-state index is 13.3. The molecule has 2 aliphatic rings. The molecule has 1 amide bonds. The number of aromatic nitrogens is 3. The first-order chi connectivity index (χ1) is 12.1. The molecule has 0 aromatic carbocycles. The van der Waals surface area contributed by atoms with Gasteiger partial charge in [0.25, 0.3) is 5.91 Å². The first-order valence-electron chi connectivity index (χ1n) is 9.01. The second kappa shape index (κ2) is 6.72. The highest BCUT2D eigenvalue weighted by Gasteiger charge is 2.31. The monoisotopic (exact) mass is 343 g/mol. The molecule has 1 atom stereocenters. The summed E-state index contributed by atoms with van der Waals surface area (Å²) in [5.74, 6) is 1.44. The molecule has 1 saturated heterocycles. The quantitative estimate of drug-likeness (QED) is 0.889. The van der Waals surface area contributed by atoms with E-state index in [2.05, 4.69) is 26.9 Å². The molecule has 2 aromatic rings. The number of aryl methyl sites for hydroxylation is 1. The summed E-state index contributed by atoms with van der Waals surface area (Å²) in [6.45, 7) is 5.86. The van der Waals surface area contributed by atoms with Crippen LogP contribution in [-0.2, 0) is 4.74 Å². The fraction of sp³-hybridized carbons (Fsp3) is 0.611. The standard InChI is InChI=1S/C18H25N5O2/c1-12-20-16-15(5-6-19-17(16)21-12)18(24)23(9-13-3-4-13)11-14-10-22(2)7-8-25-14/h5-6,13-14H,3-4,7-11H2,1-2H3,(H,19,20,21). The average molecular weight is 343 g/mol. The Morgan fingerprint density at radius 1 is 1.44 bits per heavy atom. The minimum absolute atomic E-state index is 0.0415. The number of carbonyl (C=O) groups excluding carboxylic acids is 1. The van der Waals surface area contributed by atoms with Gasteiger partial charge < -0.3 is 19.5 Å². The van der Waals surface area contributed by atoms with E-state index in [1.807, 2.05) is 11.8 Å². The molecule has 7 heteroatoms. The highest BCUT2D eigenvalue weighted by molar-refractivity contribution is 6.04. The Bertz CT molecular complexity index is 770.